The van der Waals surface area contributed by atoms with Crippen molar-refractivity contribution in [2.24, 2.45) is 0 Å². The Morgan fingerprint density at radius 2 is 1.91 bits per heavy atom. The number of nitrogens with one attached hydrogen (secondary N) is 1. The number of amides is 2. The number of benzene rings is 2. The Morgan fingerprint density at radius 3 is 2.62 bits per heavy atom. The van der Waals surface area contributed by atoms with E-state index in [-0.39, 0.29) is 6.03 Å². The highest BCUT2D eigenvalue weighted by Gasteiger charge is 2.24. The second-order valence-electron chi connectivity index (χ2n) is 7.93. The predicted molar refractivity (Wildman–Crippen MR) is 128 cm³/mol. The summed E-state index contributed by atoms with van der Waals surface area (Å²) in [5.74, 6) is 0.855. The number of hydrogen-bond acceptors (Lipinski definition) is 5. The lowest BCUT2D eigenvalue weighted by molar-refractivity contribution is 0.135. The molecule has 8 heteroatoms. The number of carbonyl (C=O) groups excluding carboxylic acids is 1. The zero-order valence-electron chi connectivity index (χ0n) is 18.4. The molecule has 5 rings (SSSR count). The van der Waals surface area contributed by atoms with Crippen molar-refractivity contribution in [1.29, 1.82) is 0 Å². The van der Waals surface area contributed by atoms with Crippen molar-refractivity contribution in [3.8, 4) is 17.0 Å². The Kier molecular flexibility index (Phi) is 5.71. The van der Waals surface area contributed by atoms with Crippen LogP contribution in [0.5, 0.6) is 5.75 Å². The maximum absolute atomic E-state index is 12.2. The van der Waals surface area contributed by atoms with Crippen LogP contribution in [0.4, 0.5) is 4.79 Å². The smallest absolute Gasteiger partial charge is 0.317 e. The number of piperazine rings is 1. The van der Waals surface area contributed by atoms with E-state index in [0.29, 0.717) is 6.54 Å². The summed E-state index contributed by atoms with van der Waals surface area (Å²) in [6, 6.07) is 16.6. The van der Waals surface area contributed by atoms with Gasteiger partial charge in [0, 0.05) is 44.8 Å². The first kappa shape index (κ1) is 20.8. The number of aromatic nitrogens is 2. The van der Waals surface area contributed by atoms with Gasteiger partial charge in [-0.3, -0.25) is 9.30 Å². The minimum Gasteiger partial charge on any atom is -0.497 e. The van der Waals surface area contributed by atoms with Gasteiger partial charge in [0.1, 0.15) is 5.75 Å². The third kappa shape index (κ3) is 3.80. The molecule has 166 valence electrons. The highest BCUT2D eigenvalue weighted by molar-refractivity contribution is 7.23. The van der Waals surface area contributed by atoms with Gasteiger partial charge >= 0.3 is 6.03 Å². The van der Waals surface area contributed by atoms with Gasteiger partial charge in [-0.05, 0) is 25.1 Å². The molecular formula is C24H27N5O2S. The molecule has 4 aromatic rings. The fourth-order valence-electron chi connectivity index (χ4n) is 4.29. The van der Waals surface area contributed by atoms with Crippen LogP contribution in [0, 0.1) is 0 Å². The third-order valence-corrected chi connectivity index (χ3v) is 6.96. The Bertz CT molecular complexity index is 1240. The number of imidazole rings is 1. The molecule has 0 atom stereocenters. The summed E-state index contributed by atoms with van der Waals surface area (Å²) < 4.78 is 8.87. The molecular weight excluding hydrogens is 422 g/mol. The maximum Gasteiger partial charge on any atom is 0.317 e. The molecule has 0 saturated carbocycles. The lowest BCUT2D eigenvalue weighted by Gasteiger charge is -2.34. The summed E-state index contributed by atoms with van der Waals surface area (Å²) >= 11 is 1.68. The lowest BCUT2D eigenvalue weighted by Crippen LogP contribution is -2.51. The Balaban J connectivity index is 1.50. The molecule has 1 N–H and O–H groups in total. The first-order chi connectivity index (χ1) is 15.7. The molecule has 0 unspecified atom stereocenters. The Labute approximate surface area is 191 Å². The van der Waals surface area contributed by atoms with Crippen molar-refractivity contribution < 1.29 is 9.53 Å². The van der Waals surface area contributed by atoms with Gasteiger partial charge in [0.15, 0.2) is 4.96 Å². The zero-order valence-corrected chi connectivity index (χ0v) is 19.2. The standard InChI is InChI=1S/C24H27N5O2S/c1-3-25-23(30)28-13-11-27(12-14-28)16-20-22(17-7-5-4-6-8-17)26-24-29(20)19-10-9-18(31-2)15-21(19)32-24/h4-10,15H,3,11-14,16H2,1-2H3,(H,25,30). The van der Waals surface area contributed by atoms with Crippen molar-refractivity contribution in [3.05, 3.63) is 54.2 Å². The number of fused-ring (bicyclic) bond motifs is 3. The quantitative estimate of drug-likeness (QED) is 0.499. The van der Waals surface area contributed by atoms with E-state index in [4.69, 9.17) is 9.72 Å². The van der Waals surface area contributed by atoms with Gasteiger partial charge in [-0.2, -0.15) is 0 Å². The third-order valence-electron chi connectivity index (χ3n) is 5.96. The highest BCUT2D eigenvalue weighted by Crippen LogP contribution is 2.35. The van der Waals surface area contributed by atoms with E-state index in [1.807, 2.05) is 24.0 Å². The van der Waals surface area contributed by atoms with E-state index >= 15 is 0 Å². The molecule has 2 aromatic carbocycles. The van der Waals surface area contributed by atoms with Crippen molar-refractivity contribution in [2.45, 2.75) is 13.5 Å². The second kappa shape index (κ2) is 8.80. The summed E-state index contributed by atoms with van der Waals surface area (Å²) in [5, 5.41) is 2.90. The lowest BCUT2D eigenvalue weighted by atomic mass is 10.1. The number of thiazole rings is 1. The number of ether oxygens (including phenoxy) is 1. The van der Waals surface area contributed by atoms with Crippen molar-refractivity contribution in [2.75, 3.05) is 39.8 Å². The Hall–Kier alpha value is -3.10. The fraction of sp³-hybridized carbons (Fsp3) is 0.333. The molecule has 0 bridgehead atoms. The number of carbonyl (C=O) groups is 1. The summed E-state index contributed by atoms with van der Waals surface area (Å²) in [5.41, 5.74) is 4.49. The number of nitrogens with zero attached hydrogens (tertiary/aromatic N) is 4. The molecule has 0 spiro atoms. The minimum absolute atomic E-state index is 0.0293. The normalized spacial score (nSPS) is 14.9. The van der Waals surface area contributed by atoms with Gasteiger partial charge in [-0.15, -0.1) is 0 Å². The van der Waals surface area contributed by atoms with Crippen molar-refractivity contribution in [3.63, 3.8) is 0 Å². The molecule has 1 aliphatic rings. The van der Waals surface area contributed by atoms with E-state index in [9.17, 15) is 4.79 Å². The topological polar surface area (TPSA) is 62.1 Å². The first-order valence-electron chi connectivity index (χ1n) is 11.0. The van der Waals surface area contributed by atoms with E-state index in [0.717, 1.165) is 64.9 Å². The molecule has 32 heavy (non-hydrogen) atoms. The maximum atomic E-state index is 12.2. The number of rotatable bonds is 5. The van der Waals surface area contributed by atoms with Crippen LogP contribution in [0.3, 0.4) is 0 Å². The molecule has 3 heterocycles. The summed E-state index contributed by atoms with van der Waals surface area (Å²) in [7, 11) is 1.69. The average molecular weight is 450 g/mol. The molecule has 2 aromatic heterocycles. The van der Waals surface area contributed by atoms with Gasteiger partial charge in [-0.25, -0.2) is 9.78 Å². The van der Waals surface area contributed by atoms with Gasteiger partial charge in [0.25, 0.3) is 0 Å². The van der Waals surface area contributed by atoms with Crippen LogP contribution in [-0.4, -0.2) is 65.0 Å². The van der Waals surface area contributed by atoms with Crippen LogP contribution in [0.2, 0.25) is 0 Å². The molecule has 1 aliphatic heterocycles. The average Bonchev–Trinajstić information content (AvgIpc) is 3.36. The van der Waals surface area contributed by atoms with E-state index in [1.54, 1.807) is 18.4 Å². The molecule has 1 saturated heterocycles. The van der Waals surface area contributed by atoms with Crippen LogP contribution >= 0.6 is 11.3 Å². The van der Waals surface area contributed by atoms with Crippen LogP contribution in [0.25, 0.3) is 26.4 Å². The number of urea groups is 1. The van der Waals surface area contributed by atoms with Crippen molar-refractivity contribution >= 4 is 32.5 Å². The van der Waals surface area contributed by atoms with E-state index < -0.39 is 0 Å². The second-order valence-corrected chi connectivity index (χ2v) is 8.93. The van der Waals surface area contributed by atoms with Gasteiger partial charge < -0.3 is 15.0 Å². The van der Waals surface area contributed by atoms with Crippen LogP contribution in [0.1, 0.15) is 12.6 Å². The number of methoxy groups -OCH3 is 1. The van der Waals surface area contributed by atoms with Crippen molar-refractivity contribution in [1.82, 2.24) is 24.5 Å². The first-order valence-corrected chi connectivity index (χ1v) is 11.8. The summed E-state index contributed by atoms with van der Waals surface area (Å²) in [4.78, 5) is 22.5. The van der Waals surface area contributed by atoms with Gasteiger partial charge in [0.05, 0.1) is 28.7 Å². The molecule has 2 amide bonds. The molecule has 7 nitrogen and oxygen atoms in total. The van der Waals surface area contributed by atoms with Gasteiger partial charge in [-0.1, -0.05) is 41.7 Å². The summed E-state index contributed by atoms with van der Waals surface area (Å²) in [6.45, 7) is 6.54. The SMILES string of the molecule is CCNC(=O)N1CCN(Cc2c(-c3ccccc3)nc3sc4cc(OC)ccc4n23)CC1. The number of hydrogen-bond donors (Lipinski definition) is 1. The van der Waals surface area contributed by atoms with Crippen LogP contribution < -0.4 is 10.1 Å². The molecule has 0 aliphatic carbocycles. The van der Waals surface area contributed by atoms with Gasteiger partial charge in [0.2, 0.25) is 0 Å². The van der Waals surface area contributed by atoms with E-state index in [1.165, 1.54) is 5.69 Å². The predicted octanol–water partition coefficient (Wildman–Crippen LogP) is 4.07. The summed E-state index contributed by atoms with van der Waals surface area (Å²) in [6.07, 6.45) is 0. The van der Waals surface area contributed by atoms with Crippen LogP contribution in [0.15, 0.2) is 48.5 Å². The fourth-order valence-corrected chi connectivity index (χ4v) is 5.36. The molecule has 1 fully saturated rings. The molecule has 0 radical (unpaired) electrons. The highest BCUT2D eigenvalue weighted by atomic mass is 32.1. The van der Waals surface area contributed by atoms with E-state index in [2.05, 4.69) is 51.0 Å². The monoisotopic (exact) mass is 449 g/mol. The largest absolute Gasteiger partial charge is 0.497 e. The Morgan fingerprint density at radius 1 is 1.12 bits per heavy atom. The zero-order chi connectivity index (χ0) is 22.1. The van der Waals surface area contributed by atoms with Crippen LogP contribution in [-0.2, 0) is 6.54 Å². The minimum atomic E-state index is 0.0293.